The Balaban J connectivity index is 2.57. The summed E-state index contributed by atoms with van der Waals surface area (Å²) in [6.07, 6.45) is -3.51. The summed E-state index contributed by atoms with van der Waals surface area (Å²) >= 11 is 3.24. The van der Waals surface area contributed by atoms with Crippen LogP contribution in [0, 0.1) is 0 Å². The molecule has 18 heavy (non-hydrogen) atoms. The van der Waals surface area contributed by atoms with Gasteiger partial charge in [0.2, 0.25) is 0 Å². The summed E-state index contributed by atoms with van der Waals surface area (Å²) in [6, 6.07) is 10.1. The molecule has 0 unspecified atom stereocenters. The normalized spacial score (nSPS) is 11.6. The van der Waals surface area contributed by atoms with E-state index < -0.39 is 11.7 Å². The topological polar surface area (TPSA) is 12.9 Å². The van der Waals surface area contributed by atoms with Gasteiger partial charge in [0, 0.05) is 17.1 Å². The molecule has 0 aliphatic rings. The minimum atomic E-state index is -4.37. The Hall–Kier alpha value is -1.36. The predicted molar refractivity (Wildman–Crippen MR) is 67.3 cm³/mol. The van der Waals surface area contributed by atoms with Crippen molar-refractivity contribution >= 4 is 15.9 Å². The molecule has 0 aliphatic heterocycles. The first-order chi connectivity index (χ1) is 8.52. The quantitative estimate of drug-likeness (QED) is 0.734. The number of aromatic nitrogens is 1. The van der Waals surface area contributed by atoms with Gasteiger partial charge in [-0.05, 0) is 11.6 Å². The minimum Gasteiger partial charge on any atom is -0.259 e. The zero-order chi connectivity index (χ0) is 13.2. The zero-order valence-corrected chi connectivity index (χ0v) is 10.8. The van der Waals surface area contributed by atoms with Crippen LogP contribution in [0.2, 0.25) is 0 Å². The number of hydrogen-bond acceptors (Lipinski definition) is 1. The van der Waals surface area contributed by atoms with E-state index in [1.165, 1.54) is 0 Å². The maximum absolute atomic E-state index is 12.7. The van der Waals surface area contributed by atoms with Crippen molar-refractivity contribution < 1.29 is 13.2 Å². The highest BCUT2D eigenvalue weighted by Crippen LogP contribution is 2.33. The molecule has 0 saturated carbocycles. The van der Waals surface area contributed by atoms with Crippen molar-refractivity contribution in [2.45, 2.75) is 11.5 Å². The van der Waals surface area contributed by atoms with Crippen LogP contribution in [0.25, 0.3) is 11.1 Å². The molecule has 0 bridgehead atoms. The summed E-state index contributed by atoms with van der Waals surface area (Å²) in [5.41, 5.74) is 1.09. The van der Waals surface area contributed by atoms with Gasteiger partial charge in [0.15, 0.2) is 0 Å². The van der Waals surface area contributed by atoms with Gasteiger partial charge in [-0.15, -0.1) is 0 Å². The second-order valence-corrected chi connectivity index (χ2v) is 4.28. The third kappa shape index (κ3) is 2.72. The average Bonchev–Trinajstić information content (AvgIpc) is 2.38. The lowest BCUT2D eigenvalue weighted by atomic mass is 10.0. The molecule has 94 valence electrons. The van der Waals surface area contributed by atoms with E-state index in [2.05, 4.69) is 20.9 Å². The fourth-order valence-electron chi connectivity index (χ4n) is 1.62. The number of benzene rings is 1. The molecule has 5 heteroatoms. The third-order valence-corrected chi connectivity index (χ3v) is 3.04. The summed E-state index contributed by atoms with van der Waals surface area (Å²) in [5.74, 6) is 0. The lowest BCUT2D eigenvalue weighted by molar-refractivity contribution is -0.137. The third-order valence-electron chi connectivity index (χ3n) is 2.51. The minimum absolute atomic E-state index is 0.412. The van der Waals surface area contributed by atoms with Crippen molar-refractivity contribution in [3.05, 3.63) is 53.9 Å². The van der Waals surface area contributed by atoms with Crippen molar-refractivity contribution in [1.82, 2.24) is 4.98 Å². The van der Waals surface area contributed by atoms with E-state index in [-0.39, 0.29) is 0 Å². The maximum atomic E-state index is 12.7. The van der Waals surface area contributed by atoms with Crippen LogP contribution in [-0.2, 0) is 11.5 Å². The fraction of sp³-hybridized carbons (Fsp3) is 0.154. The van der Waals surface area contributed by atoms with Crippen LogP contribution in [0.15, 0.2) is 42.6 Å². The van der Waals surface area contributed by atoms with Gasteiger partial charge in [-0.25, -0.2) is 0 Å². The second kappa shape index (κ2) is 5.10. The van der Waals surface area contributed by atoms with Gasteiger partial charge >= 0.3 is 6.18 Å². The first kappa shape index (κ1) is 13.1. The molecule has 1 nitrogen and oxygen atoms in total. The SMILES string of the molecule is FC(F)(F)c1cnc(CBr)c(-c2ccccc2)c1. The number of alkyl halides is 4. The van der Waals surface area contributed by atoms with Crippen molar-refractivity contribution in [1.29, 1.82) is 0 Å². The number of halogens is 4. The Morgan fingerprint density at radius 2 is 1.78 bits per heavy atom. The Morgan fingerprint density at radius 1 is 1.11 bits per heavy atom. The van der Waals surface area contributed by atoms with Crippen molar-refractivity contribution in [3.8, 4) is 11.1 Å². The van der Waals surface area contributed by atoms with Crippen LogP contribution in [0.3, 0.4) is 0 Å². The monoisotopic (exact) mass is 315 g/mol. The summed E-state index contributed by atoms with van der Waals surface area (Å²) in [7, 11) is 0. The first-order valence-corrected chi connectivity index (χ1v) is 6.32. The Bertz CT molecular complexity index is 538. The number of hydrogen-bond donors (Lipinski definition) is 0. The van der Waals surface area contributed by atoms with Gasteiger partial charge in [-0.3, -0.25) is 4.98 Å². The molecular weight excluding hydrogens is 307 g/mol. The highest BCUT2D eigenvalue weighted by atomic mass is 79.9. The molecule has 2 aromatic rings. The van der Waals surface area contributed by atoms with Crippen molar-refractivity contribution in [3.63, 3.8) is 0 Å². The van der Waals surface area contributed by atoms with Crippen LogP contribution in [0.1, 0.15) is 11.3 Å². The molecule has 0 radical (unpaired) electrons. The largest absolute Gasteiger partial charge is 0.417 e. The highest BCUT2D eigenvalue weighted by molar-refractivity contribution is 9.08. The van der Waals surface area contributed by atoms with E-state index >= 15 is 0 Å². The van der Waals surface area contributed by atoms with E-state index in [4.69, 9.17) is 0 Å². The van der Waals surface area contributed by atoms with Gasteiger partial charge in [0.05, 0.1) is 11.3 Å². The molecule has 0 fully saturated rings. The Labute approximate surface area is 111 Å². The van der Waals surface area contributed by atoms with E-state index in [0.29, 0.717) is 16.6 Å². The number of nitrogens with zero attached hydrogens (tertiary/aromatic N) is 1. The van der Waals surface area contributed by atoms with Crippen LogP contribution in [0.5, 0.6) is 0 Å². The second-order valence-electron chi connectivity index (χ2n) is 3.72. The van der Waals surface area contributed by atoms with Crippen LogP contribution in [0.4, 0.5) is 13.2 Å². The predicted octanol–water partition coefficient (Wildman–Crippen LogP) is 4.66. The average molecular weight is 316 g/mol. The molecule has 0 amide bonds. The molecular formula is C13H9BrF3N. The molecule has 0 atom stereocenters. The van der Waals surface area contributed by atoms with Gasteiger partial charge in [-0.1, -0.05) is 46.3 Å². The van der Waals surface area contributed by atoms with Crippen LogP contribution in [-0.4, -0.2) is 4.98 Å². The summed E-state index contributed by atoms with van der Waals surface area (Å²) in [4.78, 5) is 3.87. The first-order valence-electron chi connectivity index (χ1n) is 5.20. The lowest BCUT2D eigenvalue weighted by Crippen LogP contribution is -2.07. The van der Waals surface area contributed by atoms with E-state index in [9.17, 15) is 13.2 Å². The summed E-state index contributed by atoms with van der Waals surface area (Å²) in [6.45, 7) is 0. The van der Waals surface area contributed by atoms with E-state index in [1.807, 2.05) is 6.07 Å². The fourth-order valence-corrected chi connectivity index (χ4v) is 2.07. The number of pyridine rings is 1. The molecule has 2 rings (SSSR count). The smallest absolute Gasteiger partial charge is 0.259 e. The molecule has 0 spiro atoms. The molecule has 1 aromatic carbocycles. The molecule has 0 saturated heterocycles. The Morgan fingerprint density at radius 3 is 2.33 bits per heavy atom. The lowest BCUT2D eigenvalue weighted by Gasteiger charge is -2.11. The van der Waals surface area contributed by atoms with E-state index in [1.54, 1.807) is 24.3 Å². The molecule has 0 aliphatic carbocycles. The van der Waals surface area contributed by atoms with Crippen LogP contribution < -0.4 is 0 Å². The zero-order valence-electron chi connectivity index (χ0n) is 9.21. The van der Waals surface area contributed by atoms with Gasteiger partial charge < -0.3 is 0 Å². The molecule has 1 heterocycles. The van der Waals surface area contributed by atoms with Crippen molar-refractivity contribution in [2.75, 3.05) is 0 Å². The standard InChI is InChI=1S/C13H9BrF3N/c14-7-12-11(9-4-2-1-3-5-9)6-10(8-18-12)13(15,16)17/h1-6,8H,7H2. The molecule has 0 N–H and O–H groups in total. The summed E-state index contributed by atoms with van der Waals surface area (Å²) in [5, 5.41) is 0.412. The molecule has 1 aromatic heterocycles. The van der Waals surface area contributed by atoms with Gasteiger partial charge in [-0.2, -0.15) is 13.2 Å². The maximum Gasteiger partial charge on any atom is 0.417 e. The van der Waals surface area contributed by atoms with Crippen LogP contribution >= 0.6 is 15.9 Å². The Kier molecular flexibility index (Phi) is 3.71. The van der Waals surface area contributed by atoms with Gasteiger partial charge in [0.25, 0.3) is 0 Å². The van der Waals surface area contributed by atoms with E-state index in [0.717, 1.165) is 17.8 Å². The van der Waals surface area contributed by atoms with Crippen molar-refractivity contribution in [2.24, 2.45) is 0 Å². The van der Waals surface area contributed by atoms with Gasteiger partial charge in [0.1, 0.15) is 0 Å². The summed E-state index contributed by atoms with van der Waals surface area (Å²) < 4.78 is 38.0. The number of rotatable bonds is 2. The highest BCUT2D eigenvalue weighted by Gasteiger charge is 2.31.